The number of aryl methyl sites for hydroxylation is 7. The first-order chi connectivity index (χ1) is 30.5. The van der Waals surface area contributed by atoms with Gasteiger partial charge in [-0.15, -0.1) is 0 Å². The number of carbonyl (C=O) groups excluding carboxylic acids is 3. The number of ketones is 1. The molecule has 0 radical (unpaired) electrons. The number of hydrogen-bond acceptors (Lipinski definition) is 10. The summed E-state index contributed by atoms with van der Waals surface area (Å²) >= 11 is 0. The maximum Gasteiger partial charge on any atom is 0.255 e. The average Bonchev–Trinajstić information content (AvgIpc) is 3.52. The van der Waals surface area contributed by atoms with Crippen LogP contribution in [0.3, 0.4) is 0 Å². The van der Waals surface area contributed by atoms with E-state index in [4.69, 9.17) is 19.6 Å². The first kappa shape index (κ1) is 40.2. The van der Waals surface area contributed by atoms with E-state index in [2.05, 4.69) is 75.0 Å². The number of hydrogen-bond donors (Lipinski definition) is 3. The molecule has 3 N–H and O–H groups in total. The van der Waals surface area contributed by atoms with Crippen LogP contribution in [0.4, 0.5) is 11.6 Å². The number of fused-ring (bicyclic) bond motifs is 4. The number of rotatable bonds is 15. The van der Waals surface area contributed by atoms with E-state index in [9.17, 15) is 14.4 Å². The Morgan fingerprint density at radius 3 is 2.67 bits per heavy atom. The quantitative estimate of drug-likeness (QED) is 0.0671. The third-order valence-electron chi connectivity index (χ3n) is 12.9. The van der Waals surface area contributed by atoms with E-state index in [1.807, 2.05) is 43.2 Å². The summed E-state index contributed by atoms with van der Waals surface area (Å²) in [6.07, 6.45) is 10.7. The minimum atomic E-state index is -0.472. The third kappa shape index (κ3) is 7.59. The van der Waals surface area contributed by atoms with Gasteiger partial charge < -0.3 is 29.6 Å². The Bertz CT molecular complexity index is 2960. The highest BCUT2D eigenvalue weighted by atomic mass is 16.5. The molecule has 1 aliphatic carbocycles. The summed E-state index contributed by atoms with van der Waals surface area (Å²) in [5.74, 6) is 2.34. The highest BCUT2D eigenvalue weighted by Gasteiger charge is 2.39. The summed E-state index contributed by atoms with van der Waals surface area (Å²) in [5, 5.41) is 17.2. The monoisotopic (exact) mass is 845 g/mol. The number of carbonyl (C=O) groups is 3. The molecule has 63 heavy (non-hydrogen) atoms. The van der Waals surface area contributed by atoms with Gasteiger partial charge in [0.2, 0.25) is 11.7 Å². The molecule has 1 saturated heterocycles. The molecule has 2 aromatic carbocycles. The molecule has 3 aliphatic rings. The van der Waals surface area contributed by atoms with Crippen LogP contribution in [0.15, 0.2) is 65.7 Å². The van der Waals surface area contributed by atoms with Crippen LogP contribution in [0.1, 0.15) is 118 Å². The number of H-pyrrole nitrogens is 1. The Morgan fingerprint density at radius 1 is 1.03 bits per heavy atom. The summed E-state index contributed by atoms with van der Waals surface area (Å²) in [7, 11) is 0. The molecular weight excluding hydrogens is 795 g/mol. The second-order valence-electron chi connectivity index (χ2n) is 17.3. The molecule has 5 aromatic heterocycles. The van der Waals surface area contributed by atoms with E-state index >= 15 is 0 Å². The van der Waals surface area contributed by atoms with Gasteiger partial charge >= 0.3 is 0 Å². The summed E-state index contributed by atoms with van der Waals surface area (Å²) in [4.78, 5) is 59.6. The van der Waals surface area contributed by atoms with Crippen LogP contribution in [0.5, 0.6) is 0 Å². The number of unbranched alkanes of at least 4 members (excludes halogenated alkanes) is 1. The zero-order valence-electron chi connectivity index (χ0n) is 36.2. The first-order valence-electron chi connectivity index (χ1n) is 22.1. The Balaban J connectivity index is 0.827. The fourth-order valence-electron chi connectivity index (χ4n) is 9.37. The fourth-order valence-corrected chi connectivity index (χ4v) is 9.37. The number of aromatic amines is 1. The number of anilines is 2. The number of nitrogens with zero attached hydrogens (tertiary/aromatic N) is 8. The van der Waals surface area contributed by atoms with Gasteiger partial charge in [-0.05, 0) is 120 Å². The average molecular weight is 846 g/mol. The molecule has 15 heteroatoms. The molecule has 2 amide bonds. The summed E-state index contributed by atoms with van der Waals surface area (Å²) in [6, 6.07) is 11.8. The van der Waals surface area contributed by atoms with E-state index in [-0.39, 0.29) is 29.8 Å². The van der Waals surface area contributed by atoms with E-state index in [0.717, 1.165) is 111 Å². The number of nitrogens with one attached hydrogen (secondary N) is 3. The van der Waals surface area contributed by atoms with Gasteiger partial charge in [0.1, 0.15) is 29.1 Å². The number of piperidine rings is 1. The Hall–Kier alpha value is -6.90. The van der Waals surface area contributed by atoms with Crippen molar-refractivity contribution in [2.24, 2.45) is 0 Å². The summed E-state index contributed by atoms with van der Waals surface area (Å²) in [5.41, 5.74) is 10.8. The summed E-state index contributed by atoms with van der Waals surface area (Å²) in [6.45, 7) is 13.8. The van der Waals surface area contributed by atoms with Gasteiger partial charge in [0.25, 0.3) is 5.91 Å². The van der Waals surface area contributed by atoms with Gasteiger partial charge in [-0.25, -0.2) is 19.6 Å². The second-order valence-corrected chi connectivity index (χ2v) is 17.3. The first-order valence-corrected chi connectivity index (χ1v) is 22.1. The van der Waals surface area contributed by atoms with Crippen LogP contribution in [0.2, 0.25) is 0 Å². The van der Waals surface area contributed by atoms with Crippen molar-refractivity contribution in [2.45, 2.75) is 117 Å². The van der Waals surface area contributed by atoms with Crippen molar-refractivity contribution in [1.82, 2.24) is 49.7 Å². The third-order valence-corrected chi connectivity index (χ3v) is 12.9. The molecule has 7 aromatic rings. The molecule has 2 fully saturated rings. The topological polar surface area (TPSA) is 182 Å². The van der Waals surface area contributed by atoms with Crippen LogP contribution in [-0.4, -0.2) is 68.0 Å². The molecule has 1 unspecified atom stereocenters. The minimum absolute atomic E-state index is 0.0768. The number of amides is 2. The van der Waals surface area contributed by atoms with Crippen LogP contribution in [0.25, 0.3) is 33.1 Å². The van der Waals surface area contributed by atoms with Gasteiger partial charge in [-0.1, -0.05) is 23.9 Å². The number of benzene rings is 2. The van der Waals surface area contributed by atoms with Gasteiger partial charge in [-0.3, -0.25) is 14.4 Å². The van der Waals surface area contributed by atoms with Crippen LogP contribution >= 0.6 is 0 Å². The normalized spacial score (nSPS) is 16.4. The van der Waals surface area contributed by atoms with Crippen molar-refractivity contribution >= 4 is 51.2 Å². The number of allylic oxidation sites excluding steroid dienone is 1. The Morgan fingerprint density at radius 2 is 1.89 bits per heavy atom. The maximum absolute atomic E-state index is 14.0. The van der Waals surface area contributed by atoms with Gasteiger partial charge in [-0.2, -0.15) is 5.10 Å². The predicted octanol–water partition coefficient (Wildman–Crippen LogP) is 8.31. The smallest absolute Gasteiger partial charge is 0.255 e. The highest BCUT2D eigenvalue weighted by molar-refractivity contribution is 6.13. The zero-order valence-corrected chi connectivity index (χ0v) is 36.2. The van der Waals surface area contributed by atoms with Crippen LogP contribution in [-0.2, 0) is 37.3 Å². The van der Waals surface area contributed by atoms with Crippen LogP contribution in [0, 0.1) is 20.8 Å². The van der Waals surface area contributed by atoms with Gasteiger partial charge in [0.05, 0.1) is 28.8 Å². The molecule has 10 rings (SSSR count). The molecule has 2 aliphatic heterocycles. The molecule has 0 bridgehead atoms. The van der Waals surface area contributed by atoms with Gasteiger partial charge in [0, 0.05) is 72.0 Å². The lowest BCUT2D eigenvalue weighted by molar-refractivity contribution is -0.126. The minimum Gasteiger partial charge on any atom is -0.361 e. The van der Waals surface area contributed by atoms with Crippen molar-refractivity contribution in [2.75, 3.05) is 5.32 Å². The van der Waals surface area contributed by atoms with E-state index in [0.29, 0.717) is 61.0 Å². The number of Topliss-reactive ketones (excluding diaryl/α,β-unsaturated/α-hetero) is 1. The van der Waals surface area contributed by atoms with Crippen molar-refractivity contribution in [3.05, 3.63) is 112 Å². The van der Waals surface area contributed by atoms with Gasteiger partial charge in [0.15, 0.2) is 5.82 Å². The standard InChI is InChI=1S/C48H51N11O4/c1-6-59-41(22-37(55-59)31-14-15-31)52-46-43-35-20-26(2)34(42-28(4)56-63-29(42)5)21-38(35)51-45(43)53-44(54-46)40(60)18-16-32-23-57(25-49-32)19-8-7-10-30-11-9-12-33-36(30)24-58(48(33)62)39-17-13-27(3)50-47(39)61/h9,11-12,20-23,25,31,39H,3,6-8,10,13-19,24H2,1-2,4-5H3,(H,50,61)(H2,51,52,53,54). The SMILES string of the molecule is C=C1CCC(N2Cc3c(CCCCn4cnc(CCC(=O)c5nc(Nc6cc(C7CC7)nn6CC)c6c(n5)[nH]c5cc(-c7c(C)noc7C)c(C)cc56)c4)cccc3C2=O)C(=O)N1. The highest BCUT2D eigenvalue weighted by Crippen LogP contribution is 2.42. The lowest BCUT2D eigenvalue weighted by Gasteiger charge is -2.31. The molecule has 322 valence electrons. The van der Waals surface area contributed by atoms with Crippen molar-refractivity contribution < 1.29 is 18.9 Å². The number of imidazole rings is 1. The molecule has 1 atom stereocenters. The predicted molar refractivity (Wildman–Crippen MR) is 239 cm³/mol. The Kier molecular flexibility index (Phi) is 10.3. The van der Waals surface area contributed by atoms with Crippen molar-refractivity contribution in [3.63, 3.8) is 0 Å². The second kappa shape index (κ2) is 16.1. The Labute approximate surface area is 364 Å². The maximum atomic E-state index is 14.0. The van der Waals surface area contributed by atoms with Crippen molar-refractivity contribution in [1.29, 1.82) is 0 Å². The van der Waals surface area contributed by atoms with E-state index in [1.165, 1.54) is 0 Å². The van der Waals surface area contributed by atoms with Crippen LogP contribution < -0.4 is 10.6 Å². The molecule has 0 spiro atoms. The lowest BCUT2D eigenvalue weighted by Crippen LogP contribution is -2.49. The molecule has 7 heterocycles. The van der Waals surface area contributed by atoms with Crippen molar-refractivity contribution in [3.8, 4) is 11.1 Å². The lowest BCUT2D eigenvalue weighted by atomic mass is 9.97. The number of aromatic nitrogens is 8. The largest absolute Gasteiger partial charge is 0.361 e. The fraction of sp³-hybridized carbons (Fsp3) is 0.375. The summed E-state index contributed by atoms with van der Waals surface area (Å²) < 4.78 is 9.53. The molecule has 1 saturated carbocycles. The van der Waals surface area contributed by atoms with E-state index < -0.39 is 6.04 Å². The molecular formula is C48H51N11O4. The molecule has 15 nitrogen and oxygen atoms in total. The zero-order chi connectivity index (χ0) is 43.5. The van der Waals surface area contributed by atoms with E-state index in [1.54, 1.807) is 4.90 Å².